The quantitative estimate of drug-likeness (QED) is 0.835. The Bertz CT molecular complexity index is 367. The van der Waals surface area contributed by atoms with Crippen LogP contribution in [-0.4, -0.2) is 21.9 Å². The second kappa shape index (κ2) is 6.87. The molecule has 94 valence electrons. The first kappa shape index (κ1) is 14.3. The highest BCUT2D eigenvalue weighted by molar-refractivity contribution is 8.00. The number of halogens is 1. The lowest BCUT2D eigenvalue weighted by molar-refractivity contribution is -0.116. The molecule has 0 bridgehead atoms. The summed E-state index contributed by atoms with van der Waals surface area (Å²) >= 11 is 7.34. The molecule has 0 aromatic carbocycles. The third-order valence-electron chi connectivity index (χ3n) is 2.21. The zero-order valence-corrected chi connectivity index (χ0v) is 11.8. The molecule has 0 spiro atoms. The van der Waals surface area contributed by atoms with Crippen LogP contribution < -0.4 is 5.32 Å². The van der Waals surface area contributed by atoms with Crippen molar-refractivity contribution in [1.82, 2.24) is 4.98 Å². The lowest BCUT2D eigenvalue weighted by Gasteiger charge is -2.18. The fourth-order valence-electron chi connectivity index (χ4n) is 1.41. The van der Waals surface area contributed by atoms with Crippen molar-refractivity contribution in [3.05, 3.63) is 23.5 Å². The van der Waals surface area contributed by atoms with Gasteiger partial charge in [-0.1, -0.05) is 32.4 Å². The number of hydrogen-bond acceptors (Lipinski definition) is 3. The smallest absolute Gasteiger partial charge is 0.237 e. The van der Waals surface area contributed by atoms with Crippen LogP contribution in [0.25, 0.3) is 0 Å². The van der Waals surface area contributed by atoms with Gasteiger partial charge in [0.05, 0.1) is 17.1 Å². The number of anilines is 1. The van der Waals surface area contributed by atoms with Crippen LogP contribution in [0.1, 0.15) is 20.8 Å². The number of aromatic nitrogens is 1. The van der Waals surface area contributed by atoms with E-state index in [1.54, 1.807) is 30.1 Å². The molecule has 0 saturated carbocycles. The number of nitrogens with one attached hydrogen (secondary N) is 1. The van der Waals surface area contributed by atoms with E-state index in [9.17, 15) is 4.79 Å². The van der Waals surface area contributed by atoms with Gasteiger partial charge in [-0.3, -0.25) is 4.79 Å². The molecule has 1 aromatic rings. The molecule has 1 N–H and O–H groups in total. The maximum atomic E-state index is 12.0. The minimum absolute atomic E-state index is 0.0240. The van der Waals surface area contributed by atoms with Gasteiger partial charge in [0.2, 0.25) is 5.91 Å². The van der Waals surface area contributed by atoms with E-state index in [4.69, 9.17) is 11.6 Å². The number of rotatable bonds is 5. The Labute approximate surface area is 111 Å². The fourth-order valence-corrected chi connectivity index (χ4v) is 2.48. The van der Waals surface area contributed by atoms with Crippen LogP contribution in [0, 0.1) is 5.92 Å². The SMILES string of the molecule is CCS[C@@H](C(=O)Nc1ccc(Cl)nc1)C(C)C. The van der Waals surface area contributed by atoms with Gasteiger partial charge in [-0.25, -0.2) is 4.98 Å². The van der Waals surface area contributed by atoms with Gasteiger partial charge in [0.25, 0.3) is 0 Å². The molecule has 1 atom stereocenters. The molecule has 0 aliphatic heterocycles. The first-order valence-electron chi connectivity index (χ1n) is 5.58. The molecular formula is C12H17ClN2OS. The van der Waals surface area contributed by atoms with Crippen molar-refractivity contribution in [2.75, 3.05) is 11.1 Å². The van der Waals surface area contributed by atoms with Crippen molar-refractivity contribution in [1.29, 1.82) is 0 Å². The lowest BCUT2D eigenvalue weighted by Crippen LogP contribution is -2.29. The van der Waals surface area contributed by atoms with Crippen molar-refractivity contribution in [3.8, 4) is 0 Å². The summed E-state index contributed by atoms with van der Waals surface area (Å²) in [6.07, 6.45) is 1.56. The van der Waals surface area contributed by atoms with E-state index in [-0.39, 0.29) is 11.2 Å². The number of amides is 1. The Balaban J connectivity index is 2.66. The van der Waals surface area contributed by atoms with Crippen molar-refractivity contribution in [2.45, 2.75) is 26.0 Å². The average molecular weight is 273 g/mol. The van der Waals surface area contributed by atoms with Gasteiger partial charge >= 0.3 is 0 Å². The summed E-state index contributed by atoms with van der Waals surface area (Å²) < 4.78 is 0. The topological polar surface area (TPSA) is 42.0 Å². The molecule has 3 nitrogen and oxygen atoms in total. The molecule has 1 aromatic heterocycles. The maximum absolute atomic E-state index is 12.0. The first-order chi connectivity index (χ1) is 8.04. The van der Waals surface area contributed by atoms with Crippen LogP contribution in [0.15, 0.2) is 18.3 Å². The largest absolute Gasteiger partial charge is 0.324 e. The highest BCUT2D eigenvalue weighted by Gasteiger charge is 2.21. The molecule has 5 heteroatoms. The maximum Gasteiger partial charge on any atom is 0.237 e. The standard InChI is InChI=1S/C12H17ClN2OS/c1-4-17-11(8(2)3)12(16)15-9-5-6-10(13)14-7-9/h5-8,11H,4H2,1-3H3,(H,15,16)/t11-/m1/s1. The number of thioether (sulfide) groups is 1. The molecule has 1 heterocycles. The van der Waals surface area contributed by atoms with Crippen molar-refractivity contribution >= 4 is 35.0 Å². The molecule has 1 rings (SSSR count). The Hall–Kier alpha value is -0.740. The van der Waals surface area contributed by atoms with Crippen LogP contribution in [0.5, 0.6) is 0 Å². The van der Waals surface area contributed by atoms with E-state index in [1.807, 2.05) is 13.8 Å². The summed E-state index contributed by atoms with van der Waals surface area (Å²) in [6, 6.07) is 3.41. The van der Waals surface area contributed by atoms with Gasteiger partial charge in [-0.05, 0) is 23.8 Å². The highest BCUT2D eigenvalue weighted by atomic mass is 35.5. The van der Waals surface area contributed by atoms with Crippen molar-refractivity contribution in [2.24, 2.45) is 5.92 Å². The third kappa shape index (κ3) is 4.56. The zero-order chi connectivity index (χ0) is 12.8. The van der Waals surface area contributed by atoms with Crippen LogP contribution in [0.4, 0.5) is 5.69 Å². The molecule has 0 saturated heterocycles. The number of carbonyl (C=O) groups excluding carboxylic acids is 1. The first-order valence-corrected chi connectivity index (χ1v) is 7.01. The van der Waals surface area contributed by atoms with Gasteiger partial charge in [-0.2, -0.15) is 0 Å². The number of hydrogen-bond donors (Lipinski definition) is 1. The summed E-state index contributed by atoms with van der Waals surface area (Å²) in [6.45, 7) is 6.15. The molecule has 0 unspecified atom stereocenters. The Morgan fingerprint density at radius 2 is 2.24 bits per heavy atom. The molecule has 0 aliphatic rings. The van der Waals surface area contributed by atoms with Gasteiger partial charge in [0.1, 0.15) is 5.15 Å². The van der Waals surface area contributed by atoms with Crippen LogP contribution in [0.3, 0.4) is 0 Å². The monoisotopic (exact) mass is 272 g/mol. The number of carbonyl (C=O) groups is 1. The van der Waals surface area contributed by atoms with E-state index in [0.717, 1.165) is 5.75 Å². The fraction of sp³-hybridized carbons (Fsp3) is 0.500. The van der Waals surface area contributed by atoms with Gasteiger partial charge in [0.15, 0.2) is 0 Å². The minimum atomic E-state index is -0.0318. The summed E-state index contributed by atoms with van der Waals surface area (Å²) in [5.74, 6) is 1.26. The zero-order valence-electron chi connectivity index (χ0n) is 10.2. The molecule has 1 amide bonds. The van der Waals surface area contributed by atoms with Crippen LogP contribution >= 0.6 is 23.4 Å². The van der Waals surface area contributed by atoms with E-state index >= 15 is 0 Å². The predicted molar refractivity (Wildman–Crippen MR) is 74.6 cm³/mol. The van der Waals surface area contributed by atoms with Gasteiger partial charge < -0.3 is 5.32 Å². The summed E-state index contributed by atoms with van der Waals surface area (Å²) in [5.41, 5.74) is 0.682. The number of pyridine rings is 1. The van der Waals surface area contributed by atoms with E-state index in [0.29, 0.717) is 16.8 Å². The third-order valence-corrected chi connectivity index (χ3v) is 3.88. The van der Waals surface area contributed by atoms with Gasteiger partial charge in [-0.15, -0.1) is 11.8 Å². The summed E-state index contributed by atoms with van der Waals surface area (Å²) in [7, 11) is 0. The normalized spacial score (nSPS) is 12.5. The van der Waals surface area contributed by atoms with E-state index in [2.05, 4.69) is 17.2 Å². The van der Waals surface area contributed by atoms with E-state index < -0.39 is 0 Å². The molecule has 17 heavy (non-hydrogen) atoms. The Morgan fingerprint density at radius 1 is 1.53 bits per heavy atom. The molecular weight excluding hydrogens is 256 g/mol. The second-order valence-corrected chi connectivity index (χ2v) is 5.78. The Morgan fingerprint density at radius 3 is 2.71 bits per heavy atom. The minimum Gasteiger partial charge on any atom is -0.324 e. The van der Waals surface area contributed by atoms with Crippen LogP contribution in [-0.2, 0) is 4.79 Å². The lowest BCUT2D eigenvalue weighted by atomic mass is 10.1. The number of nitrogens with zero attached hydrogens (tertiary/aromatic N) is 1. The van der Waals surface area contributed by atoms with Crippen molar-refractivity contribution in [3.63, 3.8) is 0 Å². The molecule has 0 radical (unpaired) electrons. The molecule has 0 fully saturated rings. The van der Waals surface area contributed by atoms with Crippen molar-refractivity contribution < 1.29 is 4.79 Å². The average Bonchev–Trinajstić information content (AvgIpc) is 2.28. The van der Waals surface area contributed by atoms with Gasteiger partial charge in [0, 0.05) is 0 Å². The van der Waals surface area contributed by atoms with E-state index in [1.165, 1.54) is 0 Å². The molecule has 0 aliphatic carbocycles. The predicted octanol–water partition coefficient (Wildman–Crippen LogP) is 3.45. The Kier molecular flexibility index (Phi) is 5.78. The summed E-state index contributed by atoms with van der Waals surface area (Å²) in [4.78, 5) is 16.0. The van der Waals surface area contributed by atoms with Crippen LogP contribution in [0.2, 0.25) is 5.15 Å². The highest BCUT2D eigenvalue weighted by Crippen LogP contribution is 2.21. The summed E-state index contributed by atoms with van der Waals surface area (Å²) in [5, 5.41) is 3.25. The second-order valence-electron chi connectivity index (χ2n) is 3.98.